The van der Waals surface area contributed by atoms with Gasteiger partial charge in [-0.15, -0.1) is 0 Å². The molecular weight excluding hydrogens is 112 g/mol. The van der Waals surface area contributed by atoms with Crippen LogP contribution in [0.4, 0.5) is 0 Å². The van der Waals surface area contributed by atoms with Crippen molar-refractivity contribution in [2.75, 3.05) is 13.6 Å². The Balaban J connectivity index is 3.94. The fourth-order valence-corrected chi connectivity index (χ4v) is 0.618. The van der Waals surface area contributed by atoms with Crippen LogP contribution in [0.2, 0.25) is 0 Å². The highest BCUT2D eigenvalue weighted by Crippen LogP contribution is 1.89. The predicted molar refractivity (Wildman–Crippen MR) is 41.6 cm³/mol. The van der Waals surface area contributed by atoms with E-state index in [1.807, 2.05) is 11.8 Å². The number of nitrogens with zero attached hydrogens (tertiary/aromatic N) is 2. The Hall–Kier alpha value is -0.790. The molecule has 0 aliphatic carbocycles. The summed E-state index contributed by atoms with van der Waals surface area (Å²) in [6.07, 6.45) is 1.78. The van der Waals surface area contributed by atoms with E-state index >= 15 is 0 Å². The summed E-state index contributed by atoms with van der Waals surface area (Å²) in [6, 6.07) is 0. The zero-order valence-corrected chi connectivity index (χ0v) is 6.39. The van der Waals surface area contributed by atoms with Gasteiger partial charge in [-0.1, -0.05) is 6.58 Å². The van der Waals surface area contributed by atoms with E-state index in [0.717, 1.165) is 12.4 Å². The maximum absolute atomic E-state index is 4.00. The third-order valence-electron chi connectivity index (χ3n) is 1.30. The Labute approximate surface area is 56.9 Å². The summed E-state index contributed by atoms with van der Waals surface area (Å²) in [4.78, 5) is 5.99. The molecule has 0 saturated heterocycles. The van der Waals surface area contributed by atoms with Crippen molar-refractivity contribution >= 4 is 5.84 Å². The molecular formula is C7H14N2. The minimum absolute atomic E-state index is 0.937. The van der Waals surface area contributed by atoms with Gasteiger partial charge in [0, 0.05) is 13.6 Å². The van der Waals surface area contributed by atoms with Crippen LogP contribution < -0.4 is 0 Å². The summed E-state index contributed by atoms with van der Waals surface area (Å²) in [5.74, 6) is 1.01. The van der Waals surface area contributed by atoms with Gasteiger partial charge in [0.05, 0.1) is 5.84 Å². The van der Waals surface area contributed by atoms with Crippen LogP contribution in [0.1, 0.15) is 13.8 Å². The van der Waals surface area contributed by atoms with E-state index in [1.165, 1.54) is 0 Å². The molecule has 0 aromatic heterocycles. The Morgan fingerprint density at radius 1 is 1.78 bits per heavy atom. The average molecular weight is 126 g/mol. The van der Waals surface area contributed by atoms with Crippen molar-refractivity contribution in [1.29, 1.82) is 0 Å². The van der Waals surface area contributed by atoms with E-state index in [-0.39, 0.29) is 0 Å². The second-order valence-electron chi connectivity index (χ2n) is 1.74. The highest BCUT2D eigenvalue weighted by molar-refractivity contribution is 5.80. The molecule has 0 fully saturated rings. The van der Waals surface area contributed by atoms with Crippen LogP contribution in [0.5, 0.6) is 0 Å². The zero-order chi connectivity index (χ0) is 7.28. The zero-order valence-electron chi connectivity index (χ0n) is 6.39. The van der Waals surface area contributed by atoms with Crippen molar-refractivity contribution in [3.05, 3.63) is 12.8 Å². The summed E-state index contributed by atoms with van der Waals surface area (Å²) < 4.78 is 0. The maximum Gasteiger partial charge on any atom is 0.0993 e. The van der Waals surface area contributed by atoms with Gasteiger partial charge in [-0.05, 0) is 20.0 Å². The molecule has 0 atom stereocenters. The lowest BCUT2D eigenvalue weighted by Crippen LogP contribution is -2.21. The third kappa shape index (κ3) is 2.31. The molecule has 0 bridgehead atoms. The van der Waals surface area contributed by atoms with Gasteiger partial charge in [0.1, 0.15) is 0 Å². The number of hydrogen-bond donors (Lipinski definition) is 0. The average Bonchev–Trinajstić information content (AvgIpc) is 1.90. The molecule has 0 spiro atoms. The van der Waals surface area contributed by atoms with Gasteiger partial charge in [0.2, 0.25) is 0 Å². The lowest BCUT2D eigenvalue weighted by atomic mass is 10.5. The van der Waals surface area contributed by atoms with Crippen LogP contribution in [0.25, 0.3) is 0 Å². The molecule has 9 heavy (non-hydrogen) atoms. The van der Waals surface area contributed by atoms with Crippen LogP contribution in [0.15, 0.2) is 17.8 Å². The molecule has 52 valence electrons. The number of rotatable bonds is 2. The molecule has 0 aliphatic heterocycles. The highest BCUT2D eigenvalue weighted by atomic mass is 15.2. The van der Waals surface area contributed by atoms with Gasteiger partial charge in [-0.2, -0.15) is 0 Å². The fourth-order valence-electron chi connectivity index (χ4n) is 0.618. The SMILES string of the molecule is C=CN(CC)C(C)=NC. The second-order valence-corrected chi connectivity index (χ2v) is 1.74. The molecule has 0 aliphatic rings. The quantitative estimate of drug-likeness (QED) is 0.404. The topological polar surface area (TPSA) is 15.6 Å². The molecule has 0 unspecified atom stereocenters. The number of hydrogen-bond acceptors (Lipinski definition) is 1. The maximum atomic E-state index is 4.00. The molecule has 0 heterocycles. The summed E-state index contributed by atoms with van der Waals surface area (Å²) in [7, 11) is 1.78. The van der Waals surface area contributed by atoms with Gasteiger partial charge < -0.3 is 4.90 Å². The van der Waals surface area contributed by atoms with Gasteiger partial charge in [-0.3, -0.25) is 4.99 Å². The van der Waals surface area contributed by atoms with Crippen LogP contribution in [0, 0.1) is 0 Å². The van der Waals surface area contributed by atoms with Crippen molar-refractivity contribution in [3.63, 3.8) is 0 Å². The van der Waals surface area contributed by atoms with Crippen molar-refractivity contribution in [1.82, 2.24) is 4.90 Å². The Kier molecular flexibility index (Phi) is 3.76. The highest BCUT2D eigenvalue weighted by Gasteiger charge is 1.94. The first-order chi connectivity index (χ1) is 4.26. The van der Waals surface area contributed by atoms with Gasteiger partial charge in [0.25, 0.3) is 0 Å². The minimum Gasteiger partial charge on any atom is -0.338 e. The van der Waals surface area contributed by atoms with Crippen molar-refractivity contribution in [2.24, 2.45) is 4.99 Å². The predicted octanol–water partition coefficient (Wildman–Crippen LogP) is 1.50. The first-order valence-electron chi connectivity index (χ1n) is 3.08. The smallest absolute Gasteiger partial charge is 0.0993 e. The third-order valence-corrected chi connectivity index (χ3v) is 1.30. The van der Waals surface area contributed by atoms with E-state index in [0.29, 0.717) is 0 Å². The largest absolute Gasteiger partial charge is 0.338 e. The van der Waals surface area contributed by atoms with E-state index in [4.69, 9.17) is 0 Å². The monoisotopic (exact) mass is 126 g/mol. The van der Waals surface area contributed by atoms with Gasteiger partial charge in [-0.25, -0.2) is 0 Å². The summed E-state index contributed by atoms with van der Waals surface area (Å²) >= 11 is 0. The molecule has 0 radical (unpaired) electrons. The number of amidine groups is 1. The van der Waals surface area contributed by atoms with Crippen molar-refractivity contribution in [2.45, 2.75) is 13.8 Å². The molecule has 2 heteroatoms. The van der Waals surface area contributed by atoms with Crippen LogP contribution in [0.3, 0.4) is 0 Å². The van der Waals surface area contributed by atoms with Crippen LogP contribution in [-0.4, -0.2) is 24.3 Å². The summed E-state index contributed by atoms with van der Waals surface area (Å²) in [5, 5.41) is 0. The summed E-state index contributed by atoms with van der Waals surface area (Å²) in [6.45, 7) is 8.61. The van der Waals surface area contributed by atoms with E-state index in [1.54, 1.807) is 13.2 Å². The Bertz CT molecular complexity index is 116. The van der Waals surface area contributed by atoms with Gasteiger partial charge in [0.15, 0.2) is 0 Å². The molecule has 0 rings (SSSR count). The Morgan fingerprint density at radius 2 is 2.33 bits per heavy atom. The molecule has 0 saturated carbocycles. The number of aliphatic imine (C=N–C) groups is 1. The lowest BCUT2D eigenvalue weighted by molar-refractivity contribution is 0.587. The molecule has 0 N–H and O–H groups in total. The van der Waals surface area contributed by atoms with Crippen molar-refractivity contribution < 1.29 is 0 Å². The lowest BCUT2D eigenvalue weighted by Gasteiger charge is -2.15. The van der Waals surface area contributed by atoms with E-state index in [2.05, 4.69) is 18.5 Å². The standard InChI is InChI=1S/C7H14N2/c1-5-9(6-2)7(3)8-4/h5H,1,6H2,2-4H3. The fraction of sp³-hybridized carbons (Fsp3) is 0.571. The first kappa shape index (κ1) is 8.21. The normalized spacial score (nSPS) is 11.2. The van der Waals surface area contributed by atoms with Crippen molar-refractivity contribution in [3.8, 4) is 0 Å². The van der Waals surface area contributed by atoms with E-state index in [9.17, 15) is 0 Å². The minimum atomic E-state index is 0.937. The van der Waals surface area contributed by atoms with Crippen LogP contribution >= 0.6 is 0 Å². The summed E-state index contributed by atoms with van der Waals surface area (Å²) in [5.41, 5.74) is 0. The molecule has 2 nitrogen and oxygen atoms in total. The molecule has 0 aromatic rings. The van der Waals surface area contributed by atoms with Gasteiger partial charge >= 0.3 is 0 Å². The Morgan fingerprint density at radius 3 is 2.44 bits per heavy atom. The van der Waals surface area contributed by atoms with Crippen LogP contribution in [-0.2, 0) is 0 Å². The second kappa shape index (κ2) is 4.13. The first-order valence-corrected chi connectivity index (χ1v) is 3.08. The molecule has 0 aromatic carbocycles. The molecule has 0 amide bonds. The van der Waals surface area contributed by atoms with E-state index < -0.39 is 0 Å².